The first-order valence-electron chi connectivity index (χ1n) is 6.87. The highest BCUT2D eigenvalue weighted by Gasteiger charge is 2.27. The second kappa shape index (κ2) is 5.25. The molecule has 1 atom stereocenters. The van der Waals surface area contributed by atoms with Gasteiger partial charge in [0, 0.05) is 24.0 Å². The van der Waals surface area contributed by atoms with Crippen molar-refractivity contribution >= 4 is 12.2 Å². The van der Waals surface area contributed by atoms with Crippen molar-refractivity contribution in [2.24, 2.45) is 5.92 Å². The van der Waals surface area contributed by atoms with Gasteiger partial charge in [0.25, 0.3) is 0 Å². The normalized spacial score (nSPS) is 16.5. The minimum Gasteiger partial charge on any atom is -0.297 e. The third-order valence-corrected chi connectivity index (χ3v) is 4.07. The van der Waals surface area contributed by atoms with Crippen LogP contribution in [0.1, 0.15) is 38.6 Å². The van der Waals surface area contributed by atoms with E-state index in [1.54, 1.807) is 12.4 Å². The Morgan fingerprint density at radius 1 is 1.42 bits per heavy atom. The molecule has 0 amide bonds. The molecular formula is C14H18N4S. The fraction of sp³-hybridized carbons (Fsp3) is 0.500. The first kappa shape index (κ1) is 12.5. The molecule has 2 aromatic heterocycles. The molecule has 3 rings (SSSR count). The molecule has 4 nitrogen and oxygen atoms in total. The first-order chi connectivity index (χ1) is 9.29. The van der Waals surface area contributed by atoms with E-state index in [9.17, 15) is 0 Å². The Hall–Kier alpha value is -1.49. The van der Waals surface area contributed by atoms with Gasteiger partial charge >= 0.3 is 0 Å². The second-order valence-corrected chi connectivity index (χ2v) is 5.59. The molecule has 1 fully saturated rings. The van der Waals surface area contributed by atoms with Gasteiger partial charge < -0.3 is 0 Å². The smallest absolute Gasteiger partial charge is 0.195 e. The Balaban J connectivity index is 1.99. The molecule has 1 N–H and O–H groups in total. The Bertz CT molecular complexity index is 597. The summed E-state index contributed by atoms with van der Waals surface area (Å²) in [6.45, 7) is 2.22. The van der Waals surface area contributed by atoms with Crippen molar-refractivity contribution in [3.05, 3.63) is 29.3 Å². The lowest BCUT2D eigenvalue weighted by atomic mass is 10.1. The van der Waals surface area contributed by atoms with Crippen molar-refractivity contribution in [2.45, 2.75) is 38.6 Å². The summed E-state index contributed by atoms with van der Waals surface area (Å²) in [7, 11) is 0. The molecule has 1 aliphatic rings. The molecule has 0 aliphatic heterocycles. The summed E-state index contributed by atoms with van der Waals surface area (Å²) >= 11 is 5.42. The third kappa shape index (κ3) is 2.61. The van der Waals surface area contributed by atoms with Gasteiger partial charge in [-0.15, -0.1) is 0 Å². The molecule has 0 aromatic carbocycles. The SMILES string of the molecule is CCC(CC1CC1)n1c(-c2ccncc2)n[nH]c1=S. The Morgan fingerprint density at radius 3 is 2.79 bits per heavy atom. The van der Waals surface area contributed by atoms with Gasteiger partial charge in [0.05, 0.1) is 0 Å². The maximum absolute atomic E-state index is 5.42. The van der Waals surface area contributed by atoms with Crippen LogP contribution in [0.4, 0.5) is 0 Å². The number of H-pyrrole nitrogens is 1. The highest BCUT2D eigenvalue weighted by molar-refractivity contribution is 7.71. The van der Waals surface area contributed by atoms with Gasteiger partial charge in [-0.05, 0) is 43.1 Å². The molecule has 0 bridgehead atoms. The molecule has 1 saturated carbocycles. The Labute approximate surface area is 117 Å². The molecule has 0 saturated heterocycles. The fourth-order valence-corrected chi connectivity index (χ4v) is 2.82. The van der Waals surface area contributed by atoms with E-state index in [2.05, 4.69) is 26.7 Å². The fourth-order valence-electron chi connectivity index (χ4n) is 2.54. The van der Waals surface area contributed by atoms with Crippen molar-refractivity contribution in [3.8, 4) is 11.4 Å². The van der Waals surface area contributed by atoms with E-state index >= 15 is 0 Å². The highest BCUT2D eigenvalue weighted by atomic mass is 32.1. The van der Waals surface area contributed by atoms with Gasteiger partial charge in [0.2, 0.25) is 0 Å². The van der Waals surface area contributed by atoms with Gasteiger partial charge in [0.1, 0.15) is 0 Å². The van der Waals surface area contributed by atoms with Gasteiger partial charge in [-0.1, -0.05) is 19.8 Å². The van der Waals surface area contributed by atoms with Crippen LogP contribution in [0.2, 0.25) is 0 Å². The summed E-state index contributed by atoms with van der Waals surface area (Å²) in [5, 5.41) is 7.34. The minimum absolute atomic E-state index is 0.446. The predicted molar refractivity (Wildman–Crippen MR) is 77.3 cm³/mol. The number of hydrogen-bond donors (Lipinski definition) is 1. The number of rotatable bonds is 5. The average molecular weight is 274 g/mol. The van der Waals surface area contributed by atoms with E-state index in [1.807, 2.05) is 12.1 Å². The van der Waals surface area contributed by atoms with Gasteiger partial charge in [-0.25, -0.2) is 0 Å². The molecule has 2 heterocycles. The number of aromatic amines is 1. The van der Waals surface area contributed by atoms with E-state index in [0.29, 0.717) is 6.04 Å². The van der Waals surface area contributed by atoms with Crippen LogP contribution >= 0.6 is 12.2 Å². The largest absolute Gasteiger partial charge is 0.297 e. The molecule has 0 spiro atoms. The molecule has 0 radical (unpaired) electrons. The van der Waals surface area contributed by atoms with E-state index < -0.39 is 0 Å². The van der Waals surface area contributed by atoms with Crippen LogP contribution < -0.4 is 0 Å². The summed E-state index contributed by atoms with van der Waals surface area (Å²) in [5.41, 5.74) is 1.07. The van der Waals surface area contributed by atoms with Crippen molar-refractivity contribution in [1.29, 1.82) is 0 Å². The van der Waals surface area contributed by atoms with Crippen LogP contribution in [-0.2, 0) is 0 Å². The van der Waals surface area contributed by atoms with Crippen LogP contribution in [0.3, 0.4) is 0 Å². The monoisotopic (exact) mass is 274 g/mol. The van der Waals surface area contributed by atoms with Crippen molar-refractivity contribution < 1.29 is 0 Å². The molecule has 2 aromatic rings. The van der Waals surface area contributed by atoms with Crippen LogP contribution in [-0.4, -0.2) is 19.7 Å². The minimum atomic E-state index is 0.446. The molecule has 19 heavy (non-hydrogen) atoms. The predicted octanol–water partition coefficient (Wildman–Crippen LogP) is 3.75. The highest BCUT2D eigenvalue weighted by Crippen LogP contribution is 2.39. The van der Waals surface area contributed by atoms with E-state index in [1.165, 1.54) is 19.3 Å². The number of aromatic nitrogens is 4. The Kier molecular flexibility index (Phi) is 3.46. The lowest BCUT2D eigenvalue weighted by Gasteiger charge is -2.18. The molecule has 5 heteroatoms. The molecular weight excluding hydrogens is 256 g/mol. The van der Waals surface area contributed by atoms with Crippen LogP contribution in [0.25, 0.3) is 11.4 Å². The zero-order chi connectivity index (χ0) is 13.2. The molecule has 1 unspecified atom stereocenters. The molecule has 100 valence electrons. The van der Waals surface area contributed by atoms with E-state index in [0.717, 1.165) is 28.5 Å². The average Bonchev–Trinajstić information content (AvgIpc) is 3.19. The number of nitrogens with zero attached hydrogens (tertiary/aromatic N) is 3. The summed E-state index contributed by atoms with van der Waals surface area (Å²) < 4.78 is 2.91. The van der Waals surface area contributed by atoms with Crippen molar-refractivity contribution in [1.82, 2.24) is 19.7 Å². The van der Waals surface area contributed by atoms with Crippen molar-refractivity contribution in [2.75, 3.05) is 0 Å². The summed E-state index contributed by atoms with van der Waals surface area (Å²) in [6, 6.07) is 4.40. The van der Waals surface area contributed by atoms with Crippen LogP contribution in [0.5, 0.6) is 0 Å². The summed E-state index contributed by atoms with van der Waals surface area (Å²) in [6.07, 6.45) is 8.61. The van der Waals surface area contributed by atoms with E-state index in [4.69, 9.17) is 12.2 Å². The van der Waals surface area contributed by atoms with Gasteiger partial charge in [-0.3, -0.25) is 14.6 Å². The lowest BCUT2D eigenvalue weighted by Crippen LogP contribution is -2.11. The zero-order valence-electron chi connectivity index (χ0n) is 11.0. The second-order valence-electron chi connectivity index (χ2n) is 5.20. The van der Waals surface area contributed by atoms with E-state index in [-0.39, 0.29) is 0 Å². The standard InChI is InChI=1S/C14H18N4S/c1-2-12(9-10-3-4-10)18-13(16-17-14(18)19)11-5-7-15-8-6-11/h5-8,10,12H,2-4,9H2,1H3,(H,17,19). The quantitative estimate of drug-likeness (QED) is 0.845. The zero-order valence-corrected chi connectivity index (χ0v) is 11.9. The maximum Gasteiger partial charge on any atom is 0.195 e. The Morgan fingerprint density at radius 2 is 2.16 bits per heavy atom. The van der Waals surface area contributed by atoms with Gasteiger partial charge in [0.15, 0.2) is 10.6 Å². The number of hydrogen-bond acceptors (Lipinski definition) is 3. The number of pyridine rings is 1. The molecule has 1 aliphatic carbocycles. The third-order valence-electron chi connectivity index (χ3n) is 3.78. The topological polar surface area (TPSA) is 46.5 Å². The lowest BCUT2D eigenvalue weighted by molar-refractivity contribution is 0.427. The summed E-state index contributed by atoms with van der Waals surface area (Å²) in [4.78, 5) is 4.06. The first-order valence-corrected chi connectivity index (χ1v) is 7.27. The number of nitrogens with one attached hydrogen (secondary N) is 1. The van der Waals surface area contributed by atoms with Gasteiger partial charge in [-0.2, -0.15) is 5.10 Å². The van der Waals surface area contributed by atoms with Crippen LogP contribution in [0.15, 0.2) is 24.5 Å². The summed E-state index contributed by atoms with van der Waals surface area (Å²) in [5.74, 6) is 1.81. The van der Waals surface area contributed by atoms with Crippen LogP contribution in [0, 0.1) is 10.7 Å². The van der Waals surface area contributed by atoms with Crippen molar-refractivity contribution in [3.63, 3.8) is 0 Å². The maximum atomic E-state index is 5.42.